The van der Waals surface area contributed by atoms with Crippen LogP contribution in [0.1, 0.15) is 41.7 Å². The Hall–Kier alpha value is -2.48. The Morgan fingerprint density at radius 1 is 1.38 bits per heavy atom. The first kappa shape index (κ1) is 18.3. The van der Waals surface area contributed by atoms with Crippen molar-refractivity contribution in [3.05, 3.63) is 38.2 Å². The molecule has 1 fully saturated rings. The minimum absolute atomic E-state index is 0.138. The molecule has 0 atom stereocenters. The van der Waals surface area contributed by atoms with Crippen LogP contribution in [0.3, 0.4) is 0 Å². The van der Waals surface area contributed by atoms with Gasteiger partial charge in [0.25, 0.3) is 11.5 Å². The molecule has 2 heterocycles. The van der Waals surface area contributed by atoms with Gasteiger partial charge in [-0.2, -0.15) is 0 Å². The molecule has 0 bridgehead atoms. The highest BCUT2D eigenvalue weighted by molar-refractivity contribution is 6.05. The normalized spacial score (nSPS) is 15.1. The van der Waals surface area contributed by atoms with E-state index in [4.69, 9.17) is 0 Å². The second-order valence-electron chi connectivity index (χ2n) is 7.00. The van der Waals surface area contributed by atoms with Crippen molar-refractivity contribution in [2.24, 2.45) is 7.05 Å². The second kappa shape index (κ2) is 7.41. The van der Waals surface area contributed by atoms with Crippen molar-refractivity contribution in [1.29, 1.82) is 0 Å². The van der Waals surface area contributed by atoms with Crippen molar-refractivity contribution in [3.63, 3.8) is 0 Å². The van der Waals surface area contributed by atoms with Gasteiger partial charge in [-0.15, -0.1) is 0 Å². The molecule has 0 aliphatic heterocycles. The SMILES string of the molecule is Cc1cc(C(=O)NCCN(C)C2CCCC2)c2c(=O)[nH]c(=O)n(C)c2n1. The fourth-order valence-corrected chi connectivity index (χ4v) is 3.61. The van der Waals surface area contributed by atoms with Gasteiger partial charge in [-0.05, 0) is 32.9 Å². The molecule has 1 saturated carbocycles. The van der Waals surface area contributed by atoms with Gasteiger partial charge in [0, 0.05) is 31.9 Å². The third kappa shape index (κ3) is 3.55. The van der Waals surface area contributed by atoms with Crippen LogP contribution in [0.2, 0.25) is 0 Å². The highest BCUT2D eigenvalue weighted by Gasteiger charge is 2.20. The molecule has 0 spiro atoms. The number of H-pyrrole nitrogens is 1. The van der Waals surface area contributed by atoms with Gasteiger partial charge in [0.2, 0.25) is 0 Å². The fraction of sp³-hybridized carbons (Fsp3) is 0.556. The van der Waals surface area contributed by atoms with Crippen LogP contribution in [0.5, 0.6) is 0 Å². The maximum absolute atomic E-state index is 12.7. The highest BCUT2D eigenvalue weighted by Crippen LogP contribution is 2.21. The number of fused-ring (bicyclic) bond motifs is 1. The lowest BCUT2D eigenvalue weighted by molar-refractivity contribution is 0.0948. The van der Waals surface area contributed by atoms with E-state index in [-0.39, 0.29) is 22.5 Å². The number of hydrogen-bond acceptors (Lipinski definition) is 5. The minimum atomic E-state index is -0.594. The van der Waals surface area contributed by atoms with Crippen LogP contribution in [0.4, 0.5) is 0 Å². The number of pyridine rings is 1. The largest absolute Gasteiger partial charge is 0.351 e. The second-order valence-corrected chi connectivity index (χ2v) is 7.00. The van der Waals surface area contributed by atoms with Crippen molar-refractivity contribution < 1.29 is 4.79 Å². The van der Waals surface area contributed by atoms with Crippen LogP contribution in [0.15, 0.2) is 15.7 Å². The molecule has 8 heteroatoms. The van der Waals surface area contributed by atoms with Crippen molar-refractivity contribution in [2.75, 3.05) is 20.1 Å². The van der Waals surface area contributed by atoms with Crippen LogP contribution in [-0.4, -0.2) is 51.5 Å². The first-order chi connectivity index (χ1) is 12.4. The van der Waals surface area contributed by atoms with E-state index in [2.05, 4.69) is 27.2 Å². The molecule has 3 rings (SSSR count). The zero-order valence-electron chi connectivity index (χ0n) is 15.5. The zero-order chi connectivity index (χ0) is 18.8. The van der Waals surface area contributed by atoms with Crippen LogP contribution in [0, 0.1) is 6.92 Å². The summed E-state index contributed by atoms with van der Waals surface area (Å²) in [7, 11) is 3.60. The molecular weight excluding hydrogens is 334 g/mol. The molecule has 26 heavy (non-hydrogen) atoms. The maximum atomic E-state index is 12.7. The quantitative estimate of drug-likeness (QED) is 0.811. The summed E-state index contributed by atoms with van der Waals surface area (Å²) >= 11 is 0. The minimum Gasteiger partial charge on any atom is -0.351 e. The lowest BCUT2D eigenvalue weighted by atomic mass is 10.1. The van der Waals surface area contributed by atoms with Gasteiger partial charge in [-0.25, -0.2) is 9.78 Å². The fourth-order valence-electron chi connectivity index (χ4n) is 3.61. The number of aromatic nitrogens is 3. The number of amides is 1. The number of aromatic amines is 1. The molecule has 2 aromatic rings. The number of hydrogen-bond donors (Lipinski definition) is 2. The van der Waals surface area contributed by atoms with Gasteiger partial charge in [0.1, 0.15) is 5.65 Å². The van der Waals surface area contributed by atoms with Crippen molar-refractivity contribution in [3.8, 4) is 0 Å². The summed E-state index contributed by atoms with van der Waals surface area (Å²) in [6, 6.07) is 2.17. The summed E-state index contributed by atoms with van der Waals surface area (Å²) in [4.78, 5) is 45.5. The molecule has 2 aromatic heterocycles. The summed E-state index contributed by atoms with van der Waals surface area (Å²) in [5.74, 6) is -0.329. The van der Waals surface area contributed by atoms with Gasteiger partial charge in [-0.3, -0.25) is 19.1 Å². The van der Waals surface area contributed by atoms with E-state index in [0.717, 1.165) is 6.54 Å². The first-order valence-electron chi connectivity index (χ1n) is 8.97. The van der Waals surface area contributed by atoms with E-state index < -0.39 is 11.2 Å². The summed E-state index contributed by atoms with van der Waals surface area (Å²) < 4.78 is 1.24. The molecule has 0 radical (unpaired) electrons. The summed E-state index contributed by atoms with van der Waals surface area (Å²) in [5.41, 5.74) is -0.111. The van der Waals surface area contributed by atoms with E-state index in [9.17, 15) is 14.4 Å². The third-order valence-corrected chi connectivity index (χ3v) is 5.14. The Kier molecular flexibility index (Phi) is 5.22. The maximum Gasteiger partial charge on any atom is 0.329 e. The van der Waals surface area contributed by atoms with Gasteiger partial charge in [0.15, 0.2) is 0 Å². The van der Waals surface area contributed by atoms with E-state index in [1.54, 1.807) is 13.0 Å². The number of carbonyl (C=O) groups is 1. The van der Waals surface area contributed by atoms with Crippen LogP contribution >= 0.6 is 0 Å². The number of rotatable bonds is 5. The Morgan fingerprint density at radius 3 is 2.77 bits per heavy atom. The summed E-state index contributed by atoms with van der Waals surface area (Å²) in [5, 5.41) is 3.02. The average molecular weight is 359 g/mol. The van der Waals surface area contributed by atoms with Gasteiger partial charge in [-0.1, -0.05) is 12.8 Å². The molecule has 0 saturated heterocycles. The van der Waals surface area contributed by atoms with E-state index in [1.807, 2.05) is 0 Å². The van der Waals surface area contributed by atoms with E-state index in [0.29, 0.717) is 18.3 Å². The molecule has 1 aliphatic carbocycles. The van der Waals surface area contributed by atoms with Crippen molar-refractivity contribution in [2.45, 2.75) is 38.6 Å². The Bertz CT molecular complexity index is 940. The zero-order valence-corrected chi connectivity index (χ0v) is 15.5. The molecule has 140 valence electrons. The number of nitrogens with one attached hydrogen (secondary N) is 2. The van der Waals surface area contributed by atoms with Crippen LogP contribution in [0.25, 0.3) is 11.0 Å². The molecule has 2 N–H and O–H groups in total. The summed E-state index contributed by atoms with van der Waals surface area (Å²) in [6.45, 7) is 2.99. The molecule has 0 aromatic carbocycles. The number of carbonyl (C=O) groups excluding carboxylic acids is 1. The van der Waals surface area contributed by atoms with Crippen LogP contribution in [-0.2, 0) is 7.05 Å². The first-order valence-corrected chi connectivity index (χ1v) is 8.97. The Balaban J connectivity index is 1.81. The molecular formula is C18H25N5O3. The number of nitrogens with zero attached hydrogens (tertiary/aromatic N) is 3. The average Bonchev–Trinajstić information content (AvgIpc) is 3.13. The predicted molar refractivity (Wildman–Crippen MR) is 99.6 cm³/mol. The van der Waals surface area contributed by atoms with Gasteiger partial charge in [0.05, 0.1) is 10.9 Å². The smallest absolute Gasteiger partial charge is 0.329 e. The monoisotopic (exact) mass is 359 g/mol. The molecule has 1 aliphatic rings. The number of likely N-dealkylation sites (N-methyl/N-ethyl adjacent to an activating group) is 1. The highest BCUT2D eigenvalue weighted by atomic mass is 16.2. The van der Waals surface area contributed by atoms with Crippen LogP contribution < -0.4 is 16.6 Å². The third-order valence-electron chi connectivity index (χ3n) is 5.14. The summed E-state index contributed by atoms with van der Waals surface area (Å²) in [6.07, 6.45) is 4.96. The van der Waals surface area contributed by atoms with Crippen molar-refractivity contribution >= 4 is 16.9 Å². The predicted octanol–water partition coefficient (Wildman–Crippen LogP) is 0.534. The van der Waals surface area contributed by atoms with Gasteiger partial charge < -0.3 is 10.2 Å². The Labute approximate surface area is 151 Å². The van der Waals surface area contributed by atoms with E-state index >= 15 is 0 Å². The topological polar surface area (TPSA) is 100 Å². The van der Waals surface area contributed by atoms with Gasteiger partial charge >= 0.3 is 5.69 Å². The molecule has 0 unspecified atom stereocenters. The standard InChI is InChI=1S/C18H25N5O3/c1-11-10-13(14-15(20-11)23(3)18(26)21-17(14)25)16(24)19-8-9-22(2)12-6-4-5-7-12/h10,12H,4-9H2,1-3H3,(H,19,24)(H,21,25,26). The molecule has 8 nitrogen and oxygen atoms in total. The molecule has 1 amide bonds. The number of aryl methyl sites for hydroxylation is 2. The van der Waals surface area contributed by atoms with Crippen molar-refractivity contribution in [1.82, 2.24) is 24.8 Å². The Morgan fingerprint density at radius 2 is 2.08 bits per heavy atom. The lowest BCUT2D eigenvalue weighted by Gasteiger charge is -2.24. The van der Waals surface area contributed by atoms with E-state index in [1.165, 1.54) is 37.3 Å². The lowest BCUT2D eigenvalue weighted by Crippen LogP contribution is -2.38.